The molecule has 0 fully saturated rings. The average Bonchev–Trinajstić information content (AvgIpc) is 3.01. The standard InChI is InChI=1S/C18H14N4O4S/c1-11(23)19-13-6-7-15-16(10-13)27-18(20-15)21-17(24)8-5-12-3-2-4-14(9-12)22(25)26/h2-10H,1H3,(H,19,23)(H,20,21,24)/b8-5+. The first-order valence-corrected chi connectivity index (χ1v) is 8.64. The van der Waals surface area contributed by atoms with Crippen LogP contribution in [0.2, 0.25) is 0 Å². The lowest BCUT2D eigenvalue weighted by Crippen LogP contribution is -2.07. The number of non-ortho nitro benzene ring substituents is 1. The number of nitro groups is 1. The van der Waals surface area contributed by atoms with Crippen LogP contribution in [-0.2, 0) is 9.59 Å². The second kappa shape index (κ2) is 7.75. The molecule has 0 aliphatic heterocycles. The van der Waals surface area contributed by atoms with Gasteiger partial charge in [0.1, 0.15) is 0 Å². The van der Waals surface area contributed by atoms with Gasteiger partial charge in [-0.25, -0.2) is 4.98 Å². The van der Waals surface area contributed by atoms with Crippen molar-refractivity contribution in [1.82, 2.24) is 4.98 Å². The number of nitrogens with zero attached hydrogens (tertiary/aromatic N) is 2. The predicted octanol–water partition coefficient (Wildman–Crippen LogP) is 3.81. The van der Waals surface area contributed by atoms with E-state index in [0.29, 0.717) is 21.9 Å². The Balaban J connectivity index is 1.71. The first-order valence-electron chi connectivity index (χ1n) is 7.82. The molecule has 1 heterocycles. The number of carbonyl (C=O) groups is 2. The Hall–Kier alpha value is -3.59. The Labute approximate surface area is 157 Å². The minimum absolute atomic E-state index is 0.0429. The van der Waals surface area contributed by atoms with Crippen LogP contribution in [0.3, 0.4) is 0 Å². The summed E-state index contributed by atoms with van der Waals surface area (Å²) in [6.07, 6.45) is 2.78. The molecule has 8 nitrogen and oxygen atoms in total. The molecule has 0 unspecified atom stereocenters. The van der Waals surface area contributed by atoms with Crippen LogP contribution >= 0.6 is 11.3 Å². The monoisotopic (exact) mass is 382 g/mol. The van der Waals surface area contributed by atoms with Gasteiger partial charge in [0.25, 0.3) is 5.69 Å². The summed E-state index contributed by atoms with van der Waals surface area (Å²) >= 11 is 1.28. The number of benzene rings is 2. The molecule has 3 rings (SSSR count). The molecule has 2 N–H and O–H groups in total. The Bertz CT molecular complexity index is 1070. The number of aromatic nitrogens is 1. The van der Waals surface area contributed by atoms with E-state index >= 15 is 0 Å². The van der Waals surface area contributed by atoms with Crippen molar-refractivity contribution in [1.29, 1.82) is 0 Å². The third-order valence-corrected chi connectivity index (χ3v) is 4.38. The summed E-state index contributed by atoms with van der Waals surface area (Å²) in [6.45, 7) is 1.43. The van der Waals surface area contributed by atoms with Gasteiger partial charge in [0.2, 0.25) is 11.8 Å². The molecule has 1 aromatic heterocycles. The third kappa shape index (κ3) is 4.73. The zero-order valence-corrected chi connectivity index (χ0v) is 14.9. The van der Waals surface area contributed by atoms with Gasteiger partial charge in [-0.15, -0.1) is 0 Å². The summed E-state index contributed by atoms with van der Waals surface area (Å²) in [4.78, 5) is 37.8. The Morgan fingerprint density at radius 2 is 2.00 bits per heavy atom. The van der Waals surface area contributed by atoms with Crippen molar-refractivity contribution in [2.24, 2.45) is 0 Å². The molecule has 0 spiro atoms. The predicted molar refractivity (Wildman–Crippen MR) is 105 cm³/mol. The number of carbonyl (C=O) groups excluding carboxylic acids is 2. The Morgan fingerprint density at radius 3 is 2.74 bits per heavy atom. The summed E-state index contributed by atoms with van der Waals surface area (Å²) in [6, 6.07) is 11.2. The van der Waals surface area contributed by atoms with Crippen LogP contribution in [0.25, 0.3) is 16.3 Å². The number of hydrogen-bond acceptors (Lipinski definition) is 6. The van der Waals surface area contributed by atoms with E-state index in [1.54, 1.807) is 30.3 Å². The van der Waals surface area contributed by atoms with Gasteiger partial charge in [-0.05, 0) is 29.8 Å². The number of rotatable bonds is 5. The molecule has 2 aromatic carbocycles. The number of thiazole rings is 1. The summed E-state index contributed by atoms with van der Waals surface area (Å²) in [5.74, 6) is -0.568. The maximum Gasteiger partial charge on any atom is 0.270 e. The van der Waals surface area contributed by atoms with Crippen molar-refractivity contribution in [3.8, 4) is 0 Å². The minimum Gasteiger partial charge on any atom is -0.326 e. The summed E-state index contributed by atoms with van der Waals surface area (Å²) in [5.41, 5.74) is 1.86. The van der Waals surface area contributed by atoms with Crippen LogP contribution in [0.4, 0.5) is 16.5 Å². The van der Waals surface area contributed by atoms with Gasteiger partial charge in [0, 0.05) is 30.8 Å². The van der Waals surface area contributed by atoms with Crippen LogP contribution in [0.5, 0.6) is 0 Å². The van der Waals surface area contributed by atoms with Gasteiger partial charge in [0.05, 0.1) is 15.1 Å². The lowest BCUT2D eigenvalue weighted by molar-refractivity contribution is -0.384. The van der Waals surface area contributed by atoms with Crippen LogP contribution in [-0.4, -0.2) is 21.7 Å². The fourth-order valence-corrected chi connectivity index (χ4v) is 3.23. The van der Waals surface area contributed by atoms with Gasteiger partial charge >= 0.3 is 0 Å². The molecule has 0 saturated heterocycles. The molecule has 2 amide bonds. The van der Waals surface area contributed by atoms with Gasteiger partial charge in [-0.2, -0.15) is 0 Å². The number of amides is 2. The zero-order chi connectivity index (χ0) is 19.4. The summed E-state index contributed by atoms with van der Waals surface area (Å²) < 4.78 is 0.819. The number of nitrogens with one attached hydrogen (secondary N) is 2. The number of nitro benzene ring substituents is 1. The van der Waals surface area contributed by atoms with Gasteiger partial charge in [-0.3, -0.25) is 25.0 Å². The molecular formula is C18H14N4O4S. The topological polar surface area (TPSA) is 114 Å². The molecular weight excluding hydrogens is 368 g/mol. The molecule has 0 radical (unpaired) electrons. The second-order valence-electron chi connectivity index (χ2n) is 5.56. The van der Waals surface area contributed by atoms with Crippen LogP contribution in [0.15, 0.2) is 48.5 Å². The lowest BCUT2D eigenvalue weighted by atomic mass is 10.2. The highest BCUT2D eigenvalue weighted by atomic mass is 32.1. The molecule has 3 aromatic rings. The Morgan fingerprint density at radius 1 is 1.19 bits per heavy atom. The first kappa shape index (κ1) is 18.2. The molecule has 136 valence electrons. The van der Waals surface area contributed by atoms with Gasteiger partial charge < -0.3 is 5.32 Å². The van der Waals surface area contributed by atoms with Gasteiger partial charge in [0.15, 0.2) is 5.13 Å². The van der Waals surface area contributed by atoms with Crippen molar-refractivity contribution < 1.29 is 14.5 Å². The highest BCUT2D eigenvalue weighted by Crippen LogP contribution is 2.28. The molecule has 0 bridgehead atoms. The van der Waals surface area contributed by atoms with Crippen molar-refractivity contribution in [2.75, 3.05) is 10.6 Å². The molecule has 27 heavy (non-hydrogen) atoms. The first-order chi connectivity index (χ1) is 12.9. The van der Waals surface area contributed by atoms with E-state index in [0.717, 1.165) is 4.70 Å². The Kier molecular flexibility index (Phi) is 5.23. The molecule has 0 aliphatic carbocycles. The van der Waals surface area contributed by atoms with E-state index in [1.807, 2.05) is 0 Å². The highest BCUT2D eigenvalue weighted by Gasteiger charge is 2.08. The lowest BCUT2D eigenvalue weighted by Gasteiger charge is -1.99. The second-order valence-corrected chi connectivity index (χ2v) is 6.59. The molecule has 0 atom stereocenters. The molecule has 0 aliphatic rings. The minimum atomic E-state index is -0.492. The number of anilines is 2. The van der Waals surface area contributed by atoms with E-state index in [2.05, 4.69) is 15.6 Å². The average molecular weight is 382 g/mol. The van der Waals surface area contributed by atoms with Crippen LogP contribution in [0.1, 0.15) is 12.5 Å². The number of fused-ring (bicyclic) bond motifs is 1. The normalized spacial score (nSPS) is 10.9. The summed E-state index contributed by atoms with van der Waals surface area (Å²) in [5, 5.41) is 16.5. The van der Waals surface area contributed by atoms with E-state index in [-0.39, 0.29) is 11.6 Å². The van der Waals surface area contributed by atoms with Gasteiger partial charge in [-0.1, -0.05) is 23.5 Å². The number of hydrogen-bond donors (Lipinski definition) is 2. The van der Waals surface area contributed by atoms with E-state index in [9.17, 15) is 19.7 Å². The van der Waals surface area contributed by atoms with E-state index in [1.165, 1.54) is 42.5 Å². The van der Waals surface area contributed by atoms with Crippen molar-refractivity contribution in [3.05, 3.63) is 64.2 Å². The van der Waals surface area contributed by atoms with Crippen molar-refractivity contribution in [3.63, 3.8) is 0 Å². The zero-order valence-electron chi connectivity index (χ0n) is 14.1. The van der Waals surface area contributed by atoms with Crippen LogP contribution < -0.4 is 10.6 Å². The highest BCUT2D eigenvalue weighted by molar-refractivity contribution is 7.22. The van der Waals surface area contributed by atoms with Crippen molar-refractivity contribution in [2.45, 2.75) is 6.92 Å². The maximum absolute atomic E-state index is 12.1. The van der Waals surface area contributed by atoms with Crippen LogP contribution in [0, 0.1) is 10.1 Å². The largest absolute Gasteiger partial charge is 0.326 e. The van der Waals surface area contributed by atoms with E-state index < -0.39 is 10.8 Å². The maximum atomic E-state index is 12.1. The van der Waals surface area contributed by atoms with Crippen molar-refractivity contribution >= 4 is 56.0 Å². The fourth-order valence-electron chi connectivity index (χ4n) is 2.32. The smallest absolute Gasteiger partial charge is 0.270 e. The van der Waals surface area contributed by atoms with E-state index in [4.69, 9.17) is 0 Å². The summed E-state index contributed by atoms with van der Waals surface area (Å²) in [7, 11) is 0. The third-order valence-electron chi connectivity index (χ3n) is 3.45. The quantitative estimate of drug-likeness (QED) is 0.396. The molecule has 9 heteroatoms. The fraction of sp³-hybridized carbons (Fsp3) is 0.0556. The molecule has 0 saturated carbocycles. The SMILES string of the molecule is CC(=O)Nc1ccc2nc(NC(=O)/C=C/c3cccc([N+](=O)[O-])c3)sc2c1.